The lowest BCUT2D eigenvalue weighted by Gasteiger charge is -2.02. The Morgan fingerprint density at radius 1 is 0.636 bits per heavy atom. The van der Waals surface area contributed by atoms with Gasteiger partial charge in [-0.05, 0) is 72.5 Å². The smallest absolute Gasteiger partial charge is 0.286 e. The first-order chi connectivity index (χ1) is 20.4. The number of nitrogens with zero attached hydrogens (tertiary/aromatic N) is 6. The summed E-state index contributed by atoms with van der Waals surface area (Å²) in [6.45, 7) is 4.18. The molecule has 0 unspecified atom stereocenters. The standard InChI is InChI=1S/C33H33N9.2ClH/c1-23-5-15-31-39(3)29(21-41(31)19-23)27-11-7-25(8-12-27)17-35-37-33(34)38-36-18-26-9-13-28(14-10-26)30-22-42-20-24(2)6-16-32(42)40(30)4;;/h5-22H,1-4H3,(H3,34,37,38);2*1H/q+2;;/p-1/b35-17+,36-18+;;. The van der Waals surface area contributed by atoms with E-state index in [0.29, 0.717) is 0 Å². The molecule has 11 heteroatoms. The number of imidazole rings is 2. The molecule has 9 nitrogen and oxygen atoms in total. The number of aryl methyl sites for hydroxylation is 4. The summed E-state index contributed by atoms with van der Waals surface area (Å²) >= 11 is 0. The molecular formula is C33H34Cl2N9+. The first-order valence-electron chi connectivity index (χ1n) is 13.7. The fourth-order valence-electron chi connectivity index (χ4n) is 5.09. The second-order valence-corrected chi connectivity index (χ2v) is 10.4. The second kappa shape index (κ2) is 13.5. The largest absolute Gasteiger partial charge is 1.00 e. The number of halogens is 2. The zero-order chi connectivity index (χ0) is 29.2. The van der Waals surface area contributed by atoms with Crippen LogP contribution in [0.15, 0.2) is 108 Å². The highest BCUT2D eigenvalue weighted by atomic mass is 35.5. The Labute approximate surface area is 268 Å². The first kappa shape index (κ1) is 31.9. The van der Waals surface area contributed by atoms with Crippen LogP contribution in [0.4, 0.5) is 0 Å². The summed E-state index contributed by atoms with van der Waals surface area (Å²) in [4.78, 5) is 0. The molecule has 2 aromatic carbocycles. The number of benzene rings is 2. The van der Waals surface area contributed by atoms with Crippen molar-refractivity contribution in [3.05, 3.63) is 120 Å². The van der Waals surface area contributed by atoms with Gasteiger partial charge < -0.3 is 12.4 Å². The third-order valence-electron chi connectivity index (χ3n) is 7.33. The quantitative estimate of drug-likeness (QED) is 0.114. The number of hydrogen-bond acceptors (Lipinski definition) is 3. The van der Waals surface area contributed by atoms with E-state index in [0.717, 1.165) is 44.9 Å². The Morgan fingerprint density at radius 3 is 1.41 bits per heavy atom. The molecular weight excluding hydrogens is 593 g/mol. The van der Waals surface area contributed by atoms with Gasteiger partial charge in [-0.2, -0.15) is 10.2 Å². The molecule has 4 heterocycles. The molecule has 6 aromatic rings. The molecule has 6 rings (SSSR count). The molecule has 4 aromatic heterocycles. The van der Waals surface area contributed by atoms with Gasteiger partial charge in [0.25, 0.3) is 11.3 Å². The maximum absolute atomic E-state index is 8.04. The molecule has 0 saturated carbocycles. The lowest BCUT2D eigenvalue weighted by molar-refractivity contribution is -0.633. The Balaban J connectivity index is 0.00000221. The number of rotatable bonds is 6. The van der Waals surface area contributed by atoms with E-state index >= 15 is 0 Å². The van der Waals surface area contributed by atoms with Gasteiger partial charge in [-0.3, -0.25) is 5.41 Å². The van der Waals surface area contributed by atoms with Crippen LogP contribution in [0.2, 0.25) is 0 Å². The second-order valence-electron chi connectivity index (χ2n) is 10.4. The molecule has 0 radical (unpaired) electrons. The highest BCUT2D eigenvalue weighted by molar-refractivity contribution is 5.86. The summed E-state index contributed by atoms with van der Waals surface area (Å²) in [5.41, 5.74) is 16.4. The molecule has 3 N–H and O–H groups in total. The van der Waals surface area contributed by atoms with Crippen molar-refractivity contribution in [1.29, 1.82) is 5.41 Å². The van der Waals surface area contributed by atoms with Crippen LogP contribution in [-0.4, -0.2) is 27.2 Å². The van der Waals surface area contributed by atoms with Crippen LogP contribution >= 0.6 is 12.4 Å². The maximum atomic E-state index is 8.04. The molecule has 0 atom stereocenters. The van der Waals surface area contributed by atoms with E-state index in [-0.39, 0.29) is 30.8 Å². The van der Waals surface area contributed by atoms with E-state index in [2.05, 4.69) is 140 Å². The van der Waals surface area contributed by atoms with Crippen LogP contribution in [0.25, 0.3) is 33.8 Å². The number of fused-ring (bicyclic) bond motifs is 2. The van der Waals surface area contributed by atoms with Crippen LogP contribution < -0.4 is 32.4 Å². The normalized spacial score (nSPS) is 11.2. The van der Waals surface area contributed by atoms with E-state index in [9.17, 15) is 0 Å². The topological polar surface area (TPSA) is 89.2 Å². The molecule has 0 aliphatic carbocycles. The van der Waals surface area contributed by atoms with E-state index in [1.165, 1.54) is 11.1 Å². The number of hydrazone groups is 2. The molecule has 0 bridgehead atoms. The van der Waals surface area contributed by atoms with Gasteiger partial charge in [0.05, 0.1) is 38.9 Å². The molecule has 0 saturated heterocycles. The van der Waals surface area contributed by atoms with E-state index in [4.69, 9.17) is 5.41 Å². The van der Waals surface area contributed by atoms with E-state index in [1.54, 1.807) is 12.4 Å². The zero-order valence-corrected chi connectivity index (χ0v) is 26.4. The molecule has 224 valence electrons. The van der Waals surface area contributed by atoms with Crippen molar-refractivity contribution in [1.82, 2.24) is 19.7 Å². The summed E-state index contributed by atoms with van der Waals surface area (Å²) in [5, 5.41) is 16.4. The molecule has 0 spiro atoms. The number of nitrogens with one attached hydrogen (secondary N) is 3. The van der Waals surface area contributed by atoms with Crippen LogP contribution in [-0.2, 0) is 14.1 Å². The van der Waals surface area contributed by atoms with E-state index in [1.807, 2.05) is 24.3 Å². The molecule has 44 heavy (non-hydrogen) atoms. The van der Waals surface area contributed by atoms with Gasteiger partial charge in [-0.15, -0.1) is 12.4 Å². The van der Waals surface area contributed by atoms with Crippen molar-refractivity contribution in [2.75, 3.05) is 0 Å². The predicted octanol–water partition coefficient (Wildman–Crippen LogP) is 1.70. The van der Waals surface area contributed by atoms with Gasteiger partial charge >= 0.3 is 0 Å². The highest BCUT2D eigenvalue weighted by Gasteiger charge is 2.17. The summed E-state index contributed by atoms with van der Waals surface area (Å²) in [5.74, 6) is -0.0265. The average molecular weight is 628 g/mol. The van der Waals surface area contributed by atoms with Crippen LogP contribution in [0.5, 0.6) is 0 Å². The van der Waals surface area contributed by atoms with Crippen molar-refractivity contribution in [3.63, 3.8) is 0 Å². The fourth-order valence-corrected chi connectivity index (χ4v) is 5.09. The zero-order valence-electron chi connectivity index (χ0n) is 24.9. The van der Waals surface area contributed by atoms with Gasteiger partial charge in [0.15, 0.2) is 11.4 Å². The number of hydrogen-bond donors (Lipinski definition) is 3. The number of aromatic nitrogens is 4. The predicted molar refractivity (Wildman–Crippen MR) is 174 cm³/mol. The fraction of sp³-hybridized carbons (Fsp3) is 0.121. The number of pyridine rings is 2. The summed E-state index contributed by atoms with van der Waals surface area (Å²) < 4.78 is 8.64. The summed E-state index contributed by atoms with van der Waals surface area (Å²) in [7, 11) is 4.14. The average Bonchev–Trinajstić information content (AvgIpc) is 3.49. The molecule has 0 amide bonds. The minimum absolute atomic E-state index is 0. The number of guanidine groups is 1. The van der Waals surface area contributed by atoms with Gasteiger partial charge in [-0.25, -0.2) is 28.8 Å². The first-order valence-corrected chi connectivity index (χ1v) is 13.7. The van der Waals surface area contributed by atoms with Crippen molar-refractivity contribution in [2.24, 2.45) is 24.3 Å². The highest BCUT2D eigenvalue weighted by Crippen LogP contribution is 2.19. The lowest BCUT2D eigenvalue weighted by Crippen LogP contribution is -3.00. The van der Waals surface area contributed by atoms with Crippen molar-refractivity contribution < 1.29 is 21.5 Å². The lowest BCUT2D eigenvalue weighted by atomic mass is 10.1. The van der Waals surface area contributed by atoms with Crippen LogP contribution in [0.3, 0.4) is 0 Å². The van der Waals surface area contributed by atoms with E-state index < -0.39 is 0 Å². The summed E-state index contributed by atoms with van der Waals surface area (Å²) in [6.07, 6.45) is 11.9. The third kappa shape index (κ3) is 6.64. The summed E-state index contributed by atoms with van der Waals surface area (Å²) in [6, 6.07) is 24.8. The van der Waals surface area contributed by atoms with Crippen molar-refractivity contribution in [2.45, 2.75) is 13.8 Å². The van der Waals surface area contributed by atoms with Gasteiger partial charge in [0.2, 0.25) is 5.96 Å². The van der Waals surface area contributed by atoms with Crippen molar-refractivity contribution >= 4 is 42.1 Å². The van der Waals surface area contributed by atoms with Crippen LogP contribution in [0.1, 0.15) is 22.3 Å². The Morgan fingerprint density at radius 2 is 1.02 bits per heavy atom. The van der Waals surface area contributed by atoms with Gasteiger partial charge in [0, 0.05) is 23.3 Å². The monoisotopic (exact) mass is 626 g/mol. The third-order valence-corrected chi connectivity index (χ3v) is 7.33. The maximum Gasteiger partial charge on any atom is 0.286 e. The van der Waals surface area contributed by atoms with Gasteiger partial charge in [0.1, 0.15) is 12.4 Å². The Kier molecular flexibility index (Phi) is 9.83. The Hall–Kier alpha value is -4.99. The molecule has 0 aliphatic heterocycles. The SMILES string of the molecule is Cc1ccc2n(c1)cc(-c1ccc(/C=N/NC(=N)N/N=C/c3ccc(-c4cn5cc(C)ccc5[n+]4C)cc3)cc1)[n+]2C.Cl.[Cl-]. The van der Waals surface area contributed by atoms with Crippen molar-refractivity contribution in [3.8, 4) is 22.5 Å². The minimum Gasteiger partial charge on any atom is -1.00 e. The van der Waals surface area contributed by atoms with Crippen LogP contribution in [0, 0.1) is 19.3 Å². The van der Waals surface area contributed by atoms with Gasteiger partial charge in [-0.1, -0.05) is 24.3 Å². The molecule has 0 aliphatic rings. The minimum atomic E-state index is -0.0265. The molecule has 0 fully saturated rings. The Bertz CT molecular complexity index is 1840.